The number of hydrogen-bond acceptors (Lipinski definition) is 2. The Hall–Kier alpha value is -2.08. The molecule has 84 valence electrons. The average Bonchev–Trinajstić information content (AvgIpc) is 2.69. The SMILES string of the molecule is N#CC[C@@H]1CC(=O)c2[nH]c3ccccc3c2C1. The van der Waals surface area contributed by atoms with E-state index in [2.05, 4.69) is 11.1 Å². The van der Waals surface area contributed by atoms with E-state index >= 15 is 0 Å². The molecule has 1 aliphatic carbocycles. The molecule has 1 aliphatic rings. The number of aromatic nitrogens is 1. The molecule has 1 atom stereocenters. The number of carbonyl (C=O) groups excluding carboxylic acids is 1. The second-order valence-electron chi connectivity index (χ2n) is 4.58. The summed E-state index contributed by atoms with van der Waals surface area (Å²) in [6.45, 7) is 0. The summed E-state index contributed by atoms with van der Waals surface area (Å²) in [6, 6.07) is 10.1. The fourth-order valence-electron chi connectivity index (χ4n) is 2.65. The van der Waals surface area contributed by atoms with E-state index in [0.29, 0.717) is 12.8 Å². The zero-order valence-electron chi connectivity index (χ0n) is 9.36. The van der Waals surface area contributed by atoms with Gasteiger partial charge in [-0.3, -0.25) is 4.79 Å². The van der Waals surface area contributed by atoms with Crippen LogP contribution in [0.15, 0.2) is 24.3 Å². The molecule has 2 aromatic rings. The maximum atomic E-state index is 12.0. The third-order valence-corrected chi connectivity index (χ3v) is 3.44. The van der Waals surface area contributed by atoms with Gasteiger partial charge in [0.2, 0.25) is 0 Å². The molecule has 1 aromatic heterocycles. The molecule has 17 heavy (non-hydrogen) atoms. The molecule has 0 radical (unpaired) electrons. The molecule has 1 aromatic carbocycles. The fourth-order valence-corrected chi connectivity index (χ4v) is 2.65. The summed E-state index contributed by atoms with van der Waals surface area (Å²) in [5.74, 6) is 0.321. The second kappa shape index (κ2) is 3.74. The number of hydrogen-bond donors (Lipinski definition) is 1. The van der Waals surface area contributed by atoms with E-state index in [-0.39, 0.29) is 11.7 Å². The summed E-state index contributed by atoms with van der Waals surface area (Å²) in [5, 5.41) is 9.87. The van der Waals surface area contributed by atoms with Crippen LogP contribution in [0.25, 0.3) is 10.9 Å². The molecule has 3 rings (SSSR count). The third-order valence-electron chi connectivity index (χ3n) is 3.44. The number of Topliss-reactive ketones (excluding diaryl/α,β-unsaturated/α-hetero) is 1. The first-order valence-corrected chi connectivity index (χ1v) is 5.79. The Balaban J connectivity index is 2.14. The number of para-hydroxylation sites is 1. The van der Waals surface area contributed by atoms with E-state index in [1.807, 2.05) is 24.3 Å². The largest absolute Gasteiger partial charge is 0.352 e. The number of H-pyrrole nitrogens is 1. The van der Waals surface area contributed by atoms with E-state index in [1.165, 1.54) is 0 Å². The van der Waals surface area contributed by atoms with Gasteiger partial charge in [-0.25, -0.2) is 0 Å². The van der Waals surface area contributed by atoms with Crippen molar-refractivity contribution in [1.82, 2.24) is 4.98 Å². The summed E-state index contributed by atoms with van der Waals surface area (Å²) in [7, 11) is 0. The zero-order chi connectivity index (χ0) is 11.8. The molecular weight excluding hydrogens is 212 g/mol. The van der Waals surface area contributed by atoms with Crippen molar-refractivity contribution in [2.75, 3.05) is 0 Å². The highest BCUT2D eigenvalue weighted by atomic mass is 16.1. The lowest BCUT2D eigenvalue weighted by atomic mass is 9.84. The minimum absolute atomic E-state index is 0.141. The van der Waals surface area contributed by atoms with Crippen molar-refractivity contribution < 1.29 is 4.79 Å². The predicted octanol–water partition coefficient (Wildman–Crippen LogP) is 2.83. The molecule has 0 unspecified atom stereocenters. The number of rotatable bonds is 1. The number of benzene rings is 1. The molecular formula is C14H12N2O. The zero-order valence-corrected chi connectivity index (χ0v) is 9.36. The molecule has 0 amide bonds. The van der Waals surface area contributed by atoms with E-state index in [4.69, 9.17) is 5.26 Å². The Morgan fingerprint density at radius 2 is 2.18 bits per heavy atom. The topological polar surface area (TPSA) is 56.6 Å². The number of carbonyl (C=O) groups is 1. The van der Waals surface area contributed by atoms with Gasteiger partial charge in [-0.05, 0) is 24.0 Å². The predicted molar refractivity (Wildman–Crippen MR) is 64.7 cm³/mol. The van der Waals surface area contributed by atoms with Crippen molar-refractivity contribution in [2.24, 2.45) is 5.92 Å². The van der Waals surface area contributed by atoms with Crippen molar-refractivity contribution >= 4 is 16.7 Å². The summed E-state index contributed by atoms with van der Waals surface area (Å²) in [5.41, 5.74) is 2.86. The van der Waals surface area contributed by atoms with Crippen LogP contribution in [0.5, 0.6) is 0 Å². The number of nitrogens with zero attached hydrogens (tertiary/aromatic N) is 1. The Morgan fingerprint density at radius 1 is 1.35 bits per heavy atom. The summed E-state index contributed by atoms with van der Waals surface area (Å²) in [6.07, 6.45) is 1.79. The molecule has 0 bridgehead atoms. The van der Waals surface area contributed by atoms with Gasteiger partial charge in [0.1, 0.15) is 0 Å². The Bertz CT molecular complexity index is 633. The lowest BCUT2D eigenvalue weighted by Crippen LogP contribution is -2.19. The molecule has 3 nitrogen and oxygen atoms in total. The maximum absolute atomic E-state index is 12.0. The van der Waals surface area contributed by atoms with Crippen LogP contribution < -0.4 is 0 Å². The maximum Gasteiger partial charge on any atom is 0.179 e. The van der Waals surface area contributed by atoms with Crippen molar-refractivity contribution in [2.45, 2.75) is 19.3 Å². The van der Waals surface area contributed by atoms with Crippen LogP contribution in [0.2, 0.25) is 0 Å². The van der Waals surface area contributed by atoms with Gasteiger partial charge in [-0.2, -0.15) is 5.26 Å². The Morgan fingerprint density at radius 3 is 3.00 bits per heavy atom. The Kier molecular flexibility index (Phi) is 2.22. The van der Waals surface area contributed by atoms with Crippen molar-refractivity contribution in [1.29, 1.82) is 5.26 Å². The second-order valence-corrected chi connectivity index (χ2v) is 4.58. The van der Waals surface area contributed by atoms with E-state index < -0.39 is 0 Å². The summed E-state index contributed by atoms with van der Waals surface area (Å²) in [4.78, 5) is 15.2. The molecule has 0 fully saturated rings. The first-order chi connectivity index (χ1) is 8.29. The van der Waals surface area contributed by atoms with Gasteiger partial charge < -0.3 is 4.98 Å². The fraction of sp³-hybridized carbons (Fsp3) is 0.286. The highest BCUT2D eigenvalue weighted by Gasteiger charge is 2.28. The van der Waals surface area contributed by atoms with Gasteiger partial charge in [-0.1, -0.05) is 18.2 Å². The molecule has 1 N–H and O–H groups in total. The summed E-state index contributed by atoms with van der Waals surface area (Å²) >= 11 is 0. The number of aromatic amines is 1. The minimum Gasteiger partial charge on any atom is -0.352 e. The van der Waals surface area contributed by atoms with Crippen LogP contribution >= 0.6 is 0 Å². The van der Waals surface area contributed by atoms with Gasteiger partial charge in [0, 0.05) is 23.7 Å². The van der Waals surface area contributed by atoms with Gasteiger partial charge in [0.05, 0.1) is 11.8 Å². The van der Waals surface area contributed by atoms with Crippen molar-refractivity contribution in [3.63, 3.8) is 0 Å². The average molecular weight is 224 g/mol. The quantitative estimate of drug-likeness (QED) is 0.809. The normalized spacial score (nSPS) is 19.0. The van der Waals surface area contributed by atoms with Crippen molar-refractivity contribution in [3.05, 3.63) is 35.5 Å². The monoisotopic (exact) mass is 224 g/mol. The van der Waals surface area contributed by atoms with Crippen LogP contribution in [-0.2, 0) is 6.42 Å². The number of nitriles is 1. The van der Waals surface area contributed by atoms with Gasteiger partial charge in [0.25, 0.3) is 0 Å². The third kappa shape index (κ3) is 1.53. The van der Waals surface area contributed by atoms with Crippen LogP contribution in [0.4, 0.5) is 0 Å². The van der Waals surface area contributed by atoms with Crippen LogP contribution in [0.3, 0.4) is 0 Å². The molecule has 0 saturated heterocycles. The lowest BCUT2D eigenvalue weighted by molar-refractivity contribution is 0.0946. The van der Waals surface area contributed by atoms with Crippen LogP contribution in [0, 0.1) is 17.2 Å². The number of fused-ring (bicyclic) bond motifs is 3. The highest BCUT2D eigenvalue weighted by Crippen LogP contribution is 2.32. The molecule has 0 spiro atoms. The lowest BCUT2D eigenvalue weighted by Gasteiger charge is -2.18. The first kappa shape index (κ1) is 10.1. The standard InChI is InChI=1S/C14H12N2O/c15-6-5-9-7-11-10-3-1-2-4-12(10)16-14(11)13(17)8-9/h1-4,9,16H,5,7-8H2/t9-/m0/s1. The number of nitrogens with one attached hydrogen (secondary N) is 1. The highest BCUT2D eigenvalue weighted by molar-refractivity contribution is 6.03. The summed E-state index contributed by atoms with van der Waals surface area (Å²) < 4.78 is 0. The van der Waals surface area contributed by atoms with Crippen molar-refractivity contribution in [3.8, 4) is 6.07 Å². The minimum atomic E-state index is 0.141. The molecule has 3 heteroatoms. The molecule has 1 heterocycles. The van der Waals surface area contributed by atoms with Crippen LogP contribution in [0.1, 0.15) is 28.9 Å². The van der Waals surface area contributed by atoms with Crippen LogP contribution in [-0.4, -0.2) is 10.8 Å². The first-order valence-electron chi connectivity index (χ1n) is 5.79. The van der Waals surface area contributed by atoms with E-state index in [9.17, 15) is 4.79 Å². The molecule has 0 saturated carbocycles. The van der Waals surface area contributed by atoms with Gasteiger partial charge in [0.15, 0.2) is 5.78 Å². The number of ketones is 1. The molecule has 0 aliphatic heterocycles. The smallest absolute Gasteiger partial charge is 0.179 e. The van der Waals surface area contributed by atoms with Gasteiger partial charge in [-0.15, -0.1) is 0 Å². The van der Waals surface area contributed by atoms with E-state index in [1.54, 1.807) is 0 Å². The van der Waals surface area contributed by atoms with Gasteiger partial charge >= 0.3 is 0 Å². The van der Waals surface area contributed by atoms with E-state index in [0.717, 1.165) is 28.6 Å². The Labute approximate surface area is 99.1 Å².